The average Bonchev–Trinajstić information content (AvgIpc) is 3.29. The smallest absolute Gasteiger partial charge is 0.326 e. The number of carboxylic acid groups (broad SMARTS) is 2. The molecule has 1 heterocycles. The summed E-state index contributed by atoms with van der Waals surface area (Å²) < 4.78 is 0. The van der Waals surface area contributed by atoms with Gasteiger partial charge in [-0.25, -0.2) is 4.79 Å². The first-order chi connectivity index (χ1) is 18.1. The number of thioether (sulfide) groups is 1. The van der Waals surface area contributed by atoms with E-state index in [0.717, 1.165) is 16.5 Å². The number of carboxylic acids is 2. The number of benzene rings is 1. The van der Waals surface area contributed by atoms with E-state index in [-0.39, 0.29) is 19.3 Å². The second-order valence-corrected chi connectivity index (χ2v) is 9.57. The Hall–Kier alpha value is -3.62. The fourth-order valence-electron chi connectivity index (χ4n) is 3.68. The van der Waals surface area contributed by atoms with E-state index in [4.69, 9.17) is 10.8 Å². The quantitative estimate of drug-likeness (QED) is 0.129. The van der Waals surface area contributed by atoms with E-state index < -0.39 is 66.9 Å². The van der Waals surface area contributed by atoms with Crippen molar-refractivity contribution in [1.29, 1.82) is 0 Å². The van der Waals surface area contributed by atoms with E-state index in [1.807, 2.05) is 24.3 Å². The van der Waals surface area contributed by atoms with Crippen LogP contribution in [0.3, 0.4) is 0 Å². The van der Waals surface area contributed by atoms with E-state index in [0.29, 0.717) is 5.75 Å². The maximum absolute atomic E-state index is 12.9. The molecular formula is C24H33N5O8S. The third-order valence-corrected chi connectivity index (χ3v) is 6.42. The van der Waals surface area contributed by atoms with Gasteiger partial charge in [0, 0.05) is 23.5 Å². The molecule has 3 amide bonds. The summed E-state index contributed by atoms with van der Waals surface area (Å²) in [5.74, 6) is -4.61. The number of amides is 3. The molecular weight excluding hydrogens is 518 g/mol. The van der Waals surface area contributed by atoms with Crippen molar-refractivity contribution in [3.05, 3.63) is 36.0 Å². The van der Waals surface area contributed by atoms with E-state index in [1.54, 1.807) is 12.5 Å². The third kappa shape index (κ3) is 9.04. The number of nitrogens with two attached hydrogens (primary N) is 1. The van der Waals surface area contributed by atoms with Crippen LogP contribution in [-0.4, -0.2) is 92.7 Å². The second-order valence-electron chi connectivity index (χ2n) is 8.59. The first kappa shape index (κ1) is 30.6. The number of aromatic amines is 1. The Balaban J connectivity index is 2.07. The molecule has 4 atom stereocenters. The van der Waals surface area contributed by atoms with E-state index in [9.17, 15) is 34.2 Å². The number of aliphatic hydroxyl groups excluding tert-OH is 1. The zero-order valence-electron chi connectivity index (χ0n) is 20.8. The lowest BCUT2D eigenvalue weighted by atomic mass is 10.0. The molecule has 0 fully saturated rings. The van der Waals surface area contributed by atoms with Gasteiger partial charge in [-0.05, 0) is 42.9 Å². The summed E-state index contributed by atoms with van der Waals surface area (Å²) in [5, 5.41) is 35.8. The number of fused-ring (bicyclic) bond motifs is 1. The first-order valence-corrected chi connectivity index (χ1v) is 13.2. The van der Waals surface area contributed by atoms with Gasteiger partial charge < -0.3 is 42.0 Å². The summed E-state index contributed by atoms with van der Waals surface area (Å²) in [6.45, 7) is -0.855. The van der Waals surface area contributed by atoms with Crippen LogP contribution in [0.1, 0.15) is 24.8 Å². The van der Waals surface area contributed by atoms with Crippen molar-refractivity contribution < 1.29 is 39.3 Å². The number of para-hydroxylation sites is 1. The van der Waals surface area contributed by atoms with Crippen LogP contribution in [0, 0.1) is 0 Å². The molecule has 2 rings (SSSR count). The molecule has 0 spiro atoms. The summed E-state index contributed by atoms with van der Waals surface area (Å²) >= 11 is 1.39. The lowest BCUT2D eigenvalue weighted by Crippen LogP contribution is -2.58. The zero-order valence-corrected chi connectivity index (χ0v) is 21.6. The molecule has 2 aromatic rings. The Kier molecular flexibility index (Phi) is 12.0. The van der Waals surface area contributed by atoms with Crippen LogP contribution in [0.5, 0.6) is 0 Å². The molecule has 9 N–H and O–H groups in total. The Labute approximate surface area is 222 Å². The van der Waals surface area contributed by atoms with E-state index in [2.05, 4.69) is 20.9 Å². The van der Waals surface area contributed by atoms with Crippen molar-refractivity contribution in [2.45, 2.75) is 49.9 Å². The van der Waals surface area contributed by atoms with Gasteiger partial charge in [0.25, 0.3) is 0 Å². The van der Waals surface area contributed by atoms with Gasteiger partial charge in [-0.3, -0.25) is 19.2 Å². The minimum atomic E-state index is -1.53. The number of hydrogen-bond donors (Lipinski definition) is 8. The Morgan fingerprint density at radius 1 is 0.947 bits per heavy atom. The van der Waals surface area contributed by atoms with Gasteiger partial charge in [0.2, 0.25) is 17.7 Å². The lowest BCUT2D eigenvalue weighted by molar-refractivity contribution is -0.142. The number of carbonyl (C=O) groups excluding carboxylic acids is 3. The van der Waals surface area contributed by atoms with Crippen molar-refractivity contribution in [2.75, 3.05) is 18.6 Å². The molecule has 0 aliphatic carbocycles. The first-order valence-electron chi connectivity index (χ1n) is 11.8. The van der Waals surface area contributed by atoms with Crippen LogP contribution in [0.4, 0.5) is 0 Å². The largest absolute Gasteiger partial charge is 0.481 e. The Bertz CT molecular complexity index is 1140. The molecule has 208 valence electrons. The summed E-state index contributed by atoms with van der Waals surface area (Å²) in [6, 6.07) is 2.23. The number of aliphatic carboxylic acids is 2. The number of carbonyl (C=O) groups is 5. The predicted molar refractivity (Wildman–Crippen MR) is 140 cm³/mol. The molecule has 0 saturated carbocycles. The molecule has 4 unspecified atom stereocenters. The van der Waals surface area contributed by atoms with Crippen molar-refractivity contribution in [1.82, 2.24) is 20.9 Å². The minimum absolute atomic E-state index is 0.125. The van der Waals surface area contributed by atoms with Crippen LogP contribution in [0.25, 0.3) is 10.9 Å². The number of hydrogen-bond acceptors (Lipinski definition) is 8. The highest BCUT2D eigenvalue weighted by Gasteiger charge is 2.30. The molecule has 14 heteroatoms. The minimum Gasteiger partial charge on any atom is -0.481 e. The Morgan fingerprint density at radius 2 is 1.58 bits per heavy atom. The highest BCUT2D eigenvalue weighted by molar-refractivity contribution is 7.98. The summed E-state index contributed by atoms with van der Waals surface area (Å²) in [5.41, 5.74) is 7.71. The van der Waals surface area contributed by atoms with E-state index >= 15 is 0 Å². The van der Waals surface area contributed by atoms with Crippen molar-refractivity contribution in [3.8, 4) is 0 Å². The van der Waals surface area contributed by atoms with Crippen LogP contribution in [0.2, 0.25) is 0 Å². The van der Waals surface area contributed by atoms with Crippen LogP contribution in [0.15, 0.2) is 30.5 Å². The van der Waals surface area contributed by atoms with Crippen LogP contribution < -0.4 is 21.7 Å². The molecule has 0 radical (unpaired) electrons. The molecule has 13 nitrogen and oxygen atoms in total. The highest BCUT2D eigenvalue weighted by Crippen LogP contribution is 2.18. The number of rotatable bonds is 16. The van der Waals surface area contributed by atoms with Gasteiger partial charge >= 0.3 is 11.9 Å². The maximum Gasteiger partial charge on any atom is 0.326 e. The summed E-state index contributed by atoms with van der Waals surface area (Å²) in [6.07, 6.45) is 2.98. The van der Waals surface area contributed by atoms with Crippen LogP contribution >= 0.6 is 11.8 Å². The number of aromatic nitrogens is 1. The average molecular weight is 552 g/mol. The van der Waals surface area contributed by atoms with Gasteiger partial charge in [-0.1, -0.05) is 18.2 Å². The fourth-order valence-corrected chi connectivity index (χ4v) is 4.15. The second kappa shape index (κ2) is 15.0. The monoisotopic (exact) mass is 551 g/mol. The molecule has 1 aromatic heterocycles. The molecule has 0 aliphatic rings. The van der Waals surface area contributed by atoms with Crippen molar-refractivity contribution in [3.63, 3.8) is 0 Å². The van der Waals surface area contributed by atoms with Crippen molar-refractivity contribution >= 4 is 52.3 Å². The topological polar surface area (TPSA) is 224 Å². The van der Waals surface area contributed by atoms with Gasteiger partial charge in [0.1, 0.15) is 18.1 Å². The van der Waals surface area contributed by atoms with E-state index in [1.165, 1.54) is 11.8 Å². The molecule has 0 aliphatic heterocycles. The number of aliphatic hydroxyl groups is 1. The maximum atomic E-state index is 12.9. The number of nitrogens with one attached hydrogen (secondary N) is 4. The van der Waals surface area contributed by atoms with Gasteiger partial charge in [0.05, 0.1) is 12.6 Å². The Morgan fingerprint density at radius 3 is 2.21 bits per heavy atom. The molecule has 0 saturated heterocycles. The fraction of sp³-hybridized carbons (Fsp3) is 0.458. The summed E-state index contributed by atoms with van der Waals surface area (Å²) in [4.78, 5) is 63.8. The SMILES string of the molecule is CSCCC(NC(=O)C(CO)NC(=O)C(CCC(=O)O)NC(=O)C(N)Cc1c[nH]c2ccccc12)C(=O)O. The number of H-pyrrole nitrogens is 1. The predicted octanol–water partition coefficient (Wildman–Crippen LogP) is -0.813. The third-order valence-electron chi connectivity index (χ3n) is 5.77. The lowest BCUT2D eigenvalue weighted by Gasteiger charge is -2.24. The molecule has 38 heavy (non-hydrogen) atoms. The zero-order chi connectivity index (χ0) is 28.2. The molecule has 1 aromatic carbocycles. The molecule has 0 bridgehead atoms. The normalized spacial score (nSPS) is 14.2. The van der Waals surface area contributed by atoms with Gasteiger partial charge in [-0.2, -0.15) is 11.8 Å². The van der Waals surface area contributed by atoms with Crippen molar-refractivity contribution in [2.24, 2.45) is 5.73 Å². The highest BCUT2D eigenvalue weighted by atomic mass is 32.2. The standard InChI is InChI=1S/C24H33N5O8S/c1-38-9-8-18(24(36)37)28-23(35)19(12-30)29-22(34)17(6-7-20(31)32)27-21(33)15(25)10-13-11-26-16-5-3-2-4-14(13)16/h2-5,11,15,17-19,26,30H,6-10,12,25H2,1H3,(H,27,33)(H,28,35)(H,29,34)(H,31,32)(H,36,37). The van der Waals surface area contributed by atoms with Gasteiger partial charge in [0.15, 0.2) is 0 Å². The van der Waals surface area contributed by atoms with Gasteiger partial charge in [-0.15, -0.1) is 0 Å². The summed E-state index contributed by atoms with van der Waals surface area (Å²) in [7, 11) is 0. The van der Waals surface area contributed by atoms with Crippen LogP contribution in [-0.2, 0) is 30.4 Å².